The molecule has 1 saturated carbocycles. The molecular weight excluding hydrogens is 428 g/mol. The number of aryl methyl sites for hydroxylation is 1. The van der Waals surface area contributed by atoms with Gasteiger partial charge < -0.3 is 20.6 Å². The quantitative estimate of drug-likeness (QED) is 0.620. The zero-order chi connectivity index (χ0) is 21.8. The molecule has 0 bridgehead atoms. The van der Waals surface area contributed by atoms with Gasteiger partial charge in [0.2, 0.25) is 5.95 Å². The average molecular weight is 456 g/mol. The molecule has 0 saturated heterocycles. The van der Waals surface area contributed by atoms with Crippen LogP contribution in [-0.4, -0.2) is 47.2 Å². The number of hydrogen-bond acceptors (Lipinski definition) is 6. The van der Waals surface area contributed by atoms with Gasteiger partial charge in [-0.05, 0) is 50.3 Å². The highest BCUT2D eigenvalue weighted by Gasteiger charge is 2.26. The van der Waals surface area contributed by atoms with Gasteiger partial charge in [-0.15, -0.1) is 12.4 Å². The number of amides is 1. The van der Waals surface area contributed by atoms with E-state index in [9.17, 15) is 18.7 Å². The predicted octanol–water partition coefficient (Wildman–Crippen LogP) is 3.12. The van der Waals surface area contributed by atoms with Crippen LogP contribution in [0.2, 0.25) is 0 Å². The van der Waals surface area contributed by atoms with Crippen molar-refractivity contribution < 1.29 is 18.7 Å². The van der Waals surface area contributed by atoms with Crippen molar-refractivity contribution in [2.45, 2.75) is 50.8 Å². The van der Waals surface area contributed by atoms with E-state index < -0.39 is 23.6 Å². The standard InChI is InChI=1S/C21H27F2N5O2.ClH/c1-12-11-24-21(27-19(12)28(2)3)26-15-7-5-14(6-8-15)25-20(30)18(29)13-4-9-16(22)17(23)10-13;/h4,9-11,14-15,18,29H,5-8H2,1-3H3,(H,25,30)(H,24,26,27);1H/t14-,15+,18?;. The number of hydrogen-bond donors (Lipinski definition) is 3. The molecule has 1 heterocycles. The fourth-order valence-corrected chi connectivity index (χ4v) is 3.63. The van der Waals surface area contributed by atoms with Crippen molar-refractivity contribution >= 4 is 30.1 Å². The summed E-state index contributed by atoms with van der Waals surface area (Å²) < 4.78 is 26.4. The molecule has 0 radical (unpaired) electrons. The highest BCUT2D eigenvalue weighted by Crippen LogP contribution is 2.24. The monoisotopic (exact) mass is 455 g/mol. The number of rotatable bonds is 6. The van der Waals surface area contributed by atoms with Gasteiger partial charge >= 0.3 is 0 Å². The van der Waals surface area contributed by atoms with Crippen LogP contribution in [0, 0.1) is 18.6 Å². The molecule has 0 spiro atoms. The minimum absolute atomic E-state index is 0. The molecule has 31 heavy (non-hydrogen) atoms. The number of nitrogens with one attached hydrogen (secondary N) is 2. The zero-order valence-corrected chi connectivity index (χ0v) is 18.5. The Balaban J connectivity index is 0.00000341. The van der Waals surface area contributed by atoms with Gasteiger partial charge in [0.1, 0.15) is 5.82 Å². The SMILES string of the molecule is Cc1cnc(N[C@H]2CC[C@@H](NC(=O)C(O)c3ccc(F)c(F)c3)CC2)nc1N(C)C.Cl. The summed E-state index contributed by atoms with van der Waals surface area (Å²) in [4.78, 5) is 23.1. The van der Waals surface area contributed by atoms with Crippen LogP contribution < -0.4 is 15.5 Å². The third-order valence-electron chi connectivity index (χ3n) is 5.28. The molecule has 1 unspecified atom stereocenters. The summed E-state index contributed by atoms with van der Waals surface area (Å²) in [5, 5.41) is 16.3. The van der Waals surface area contributed by atoms with Crippen LogP contribution in [0.25, 0.3) is 0 Å². The molecule has 1 aromatic carbocycles. The number of carbonyl (C=O) groups is 1. The lowest BCUT2D eigenvalue weighted by Gasteiger charge is -2.30. The Morgan fingerprint density at radius 2 is 1.81 bits per heavy atom. The summed E-state index contributed by atoms with van der Waals surface area (Å²) in [5.41, 5.74) is 1.02. The fourth-order valence-electron chi connectivity index (χ4n) is 3.63. The first-order chi connectivity index (χ1) is 14.2. The summed E-state index contributed by atoms with van der Waals surface area (Å²) in [7, 11) is 3.86. The molecule has 0 aliphatic heterocycles. The van der Waals surface area contributed by atoms with Crippen LogP contribution in [-0.2, 0) is 4.79 Å². The molecule has 3 rings (SSSR count). The van der Waals surface area contributed by atoms with E-state index in [1.54, 1.807) is 6.20 Å². The summed E-state index contributed by atoms with van der Waals surface area (Å²) in [5.74, 6) is -1.30. The second kappa shape index (κ2) is 10.7. The predicted molar refractivity (Wildman–Crippen MR) is 117 cm³/mol. The second-order valence-electron chi connectivity index (χ2n) is 7.87. The van der Waals surface area contributed by atoms with Crippen molar-refractivity contribution in [3.8, 4) is 0 Å². The lowest BCUT2D eigenvalue weighted by molar-refractivity contribution is -0.130. The lowest BCUT2D eigenvalue weighted by Crippen LogP contribution is -2.42. The molecule has 10 heteroatoms. The third kappa shape index (κ3) is 6.24. The molecule has 1 amide bonds. The van der Waals surface area contributed by atoms with Gasteiger partial charge in [-0.1, -0.05) is 6.07 Å². The average Bonchev–Trinajstić information content (AvgIpc) is 2.72. The van der Waals surface area contributed by atoms with E-state index in [-0.39, 0.29) is 30.1 Å². The summed E-state index contributed by atoms with van der Waals surface area (Å²) in [6.45, 7) is 1.96. The normalized spacial score (nSPS) is 19.2. The first-order valence-corrected chi connectivity index (χ1v) is 9.95. The number of carbonyl (C=O) groups excluding carboxylic acids is 1. The van der Waals surface area contributed by atoms with Crippen molar-refractivity contribution in [2.24, 2.45) is 0 Å². The molecule has 3 N–H and O–H groups in total. The molecule has 1 atom stereocenters. The van der Waals surface area contributed by atoms with Crippen LogP contribution in [0.1, 0.15) is 42.9 Å². The molecule has 1 fully saturated rings. The van der Waals surface area contributed by atoms with E-state index in [2.05, 4.69) is 20.6 Å². The van der Waals surface area contributed by atoms with Gasteiger partial charge in [0.25, 0.3) is 5.91 Å². The number of aliphatic hydroxyl groups is 1. The lowest BCUT2D eigenvalue weighted by atomic mass is 9.91. The number of aromatic nitrogens is 2. The molecular formula is C21H28ClF2N5O2. The van der Waals surface area contributed by atoms with Crippen molar-refractivity contribution in [3.63, 3.8) is 0 Å². The molecule has 7 nitrogen and oxygen atoms in total. The van der Waals surface area contributed by atoms with Crippen LogP contribution in [0.5, 0.6) is 0 Å². The van der Waals surface area contributed by atoms with Crippen molar-refractivity contribution in [3.05, 3.63) is 47.2 Å². The van der Waals surface area contributed by atoms with E-state index >= 15 is 0 Å². The van der Waals surface area contributed by atoms with Crippen LogP contribution >= 0.6 is 12.4 Å². The van der Waals surface area contributed by atoms with Crippen molar-refractivity contribution in [1.29, 1.82) is 0 Å². The Hall–Kier alpha value is -2.52. The van der Waals surface area contributed by atoms with E-state index in [1.165, 1.54) is 6.07 Å². The van der Waals surface area contributed by atoms with E-state index in [4.69, 9.17) is 0 Å². The molecule has 170 valence electrons. The van der Waals surface area contributed by atoms with E-state index in [0.717, 1.165) is 49.2 Å². The molecule has 1 aliphatic rings. The van der Waals surface area contributed by atoms with Gasteiger partial charge in [0.15, 0.2) is 17.7 Å². The Kier molecular flexibility index (Phi) is 8.52. The van der Waals surface area contributed by atoms with Gasteiger partial charge in [0.05, 0.1) is 0 Å². The van der Waals surface area contributed by atoms with Crippen LogP contribution in [0.3, 0.4) is 0 Å². The molecule has 1 aliphatic carbocycles. The smallest absolute Gasteiger partial charge is 0.253 e. The third-order valence-corrected chi connectivity index (χ3v) is 5.28. The Bertz CT molecular complexity index is 907. The van der Waals surface area contributed by atoms with E-state index in [1.807, 2.05) is 25.9 Å². The summed E-state index contributed by atoms with van der Waals surface area (Å²) in [6, 6.07) is 3.03. The highest BCUT2D eigenvalue weighted by atomic mass is 35.5. The first kappa shape index (κ1) is 24.7. The number of aliphatic hydroxyl groups excluding tert-OH is 1. The summed E-state index contributed by atoms with van der Waals surface area (Å²) >= 11 is 0. The number of benzene rings is 1. The topological polar surface area (TPSA) is 90.4 Å². The van der Waals surface area contributed by atoms with Gasteiger partial charge in [-0.25, -0.2) is 13.8 Å². The molecule has 1 aromatic heterocycles. The van der Waals surface area contributed by atoms with Crippen molar-refractivity contribution in [2.75, 3.05) is 24.3 Å². The maximum Gasteiger partial charge on any atom is 0.253 e. The van der Waals surface area contributed by atoms with Gasteiger partial charge in [0, 0.05) is 37.9 Å². The van der Waals surface area contributed by atoms with Gasteiger partial charge in [-0.2, -0.15) is 4.98 Å². The highest BCUT2D eigenvalue weighted by molar-refractivity contribution is 5.85. The second-order valence-corrected chi connectivity index (χ2v) is 7.87. The Morgan fingerprint density at radius 1 is 1.16 bits per heavy atom. The minimum Gasteiger partial charge on any atom is -0.378 e. The Morgan fingerprint density at radius 3 is 2.42 bits per heavy atom. The fraction of sp³-hybridized carbons (Fsp3) is 0.476. The van der Waals surface area contributed by atoms with Gasteiger partial charge in [-0.3, -0.25) is 4.79 Å². The largest absolute Gasteiger partial charge is 0.378 e. The summed E-state index contributed by atoms with van der Waals surface area (Å²) in [6.07, 6.45) is 3.31. The maximum atomic E-state index is 13.3. The number of halogens is 3. The number of nitrogens with zero attached hydrogens (tertiary/aromatic N) is 3. The molecule has 2 aromatic rings. The van der Waals surface area contributed by atoms with Crippen LogP contribution in [0.15, 0.2) is 24.4 Å². The van der Waals surface area contributed by atoms with Crippen LogP contribution in [0.4, 0.5) is 20.5 Å². The number of anilines is 2. The maximum absolute atomic E-state index is 13.3. The van der Waals surface area contributed by atoms with Crippen molar-refractivity contribution in [1.82, 2.24) is 15.3 Å². The van der Waals surface area contributed by atoms with E-state index in [0.29, 0.717) is 5.95 Å². The first-order valence-electron chi connectivity index (χ1n) is 9.95. The minimum atomic E-state index is -1.54. The zero-order valence-electron chi connectivity index (χ0n) is 17.7. The Labute approximate surface area is 186 Å².